The molecule has 0 atom stereocenters. The molecule has 12 amide bonds. The zero-order valence-electron chi connectivity index (χ0n) is 22.8. The van der Waals surface area contributed by atoms with E-state index >= 15 is 0 Å². The standard InChI is InChI=1S/C24H32N6O9/c1-7-25-15(31)13(16(32)26(8-2)21(25)37)24(19(35)29(11-5)23(39)30(12-6)20(24)36)14-17(33)27(9-3)22(38)28(10-4)18(14)34/h13-14H,7-12H2,1-6H3. The van der Waals surface area contributed by atoms with E-state index in [2.05, 4.69) is 0 Å². The van der Waals surface area contributed by atoms with Crippen molar-refractivity contribution in [3.8, 4) is 0 Å². The number of imide groups is 6. The Morgan fingerprint density at radius 2 is 0.615 bits per heavy atom. The van der Waals surface area contributed by atoms with Crippen LogP contribution < -0.4 is 0 Å². The van der Waals surface area contributed by atoms with Crippen LogP contribution in [0.1, 0.15) is 41.5 Å². The molecule has 0 unspecified atom stereocenters. The van der Waals surface area contributed by atoms with E-state index in [-0.39, 0.29) is 39.3 Å². The Bertz CT molecular complexity index is 1040. The Labute approximate surface area is 224 Å². The lowest BCUT2D eigenvalue weighted by atomic mass is 9.60. The number of hydrogen-bond acceptors (Lipinski definition) is 9. The molecule has 3 fully saturated rings. The van der Waals surface area contributed by atoms with E-state index in [1.807, 2.05) is 0 Å². The van der Waals surface area contributed by atoms with Gasteiger partial charge in [0, 0.05) is 39.3 Å². The highest BCUT2D eigenvalue weighted by Crippen LogP contribution is 2.48. The van der Waals surface area contributed by atoms with Gasteiger partial charge in [0.2, 0.25) is 35.4 Å². The lowest BCUT2D eigenvalue weighted by Crippen LogP contribution is -2.78. The maximum atomic E-state index is 14.3. The van der Waals surface area contributed by atoms with Crippen molar-refractivity contribution in [3.63, 3.8) is 0 Å². The molecule has 15 nitrogen and oxygen atoms in total. The van der Waals surface area contributed by atoms with Gasteiger partial charge in [-0.3, -0.25) is 58.2 Å². The van der Waals surface area contributed by atoms with Crippen molar-refractivity contribution in [3.05, 3.63) is 0 Å². The SMILES string of the molecule is CCN1C(=O)C(C2(C3C(=O)N(CC)C(=O)N(CC)C3=O)C(=O)N(CC)C(=O)N(CC)C2=O)C(=O)N(CC)C1=O. The molecule has 0 N–H and O–H groups in total. The molecule has 0 aromatic carbocycles. The number of nitrogens with zero attached hydrogens (tertiary/aromatic N) is 6. The summed E-state index contributed by atoms with van der Waals surface area (Å²) in [6.07, 6.45) is 0. The Morgan fingerprint density at radius 3 is 0.821 bits per heavy atom. The van der Waals surface area contributed by atoms with E-state index in [0.29, 0.717) is 29.4 Å². The fourth-order valence-electron chi connectivity index (χ4n) is 5.52. The molecule has 0 aromatic heterocycles. The Hall–Kier alpha value is -4.17. The van der Waals surface area contributed by atoms with Crippen molar-refractivity contribution < 1.29 is 43.2 Å². The summed E-state index contributed by atoms with van der Waals surface area (Å²) in [5.74, 6) is -12.5. The molecule has 0 radical (unpaired) electrons. The van der Waals surface area contributed by atoms with E-state index in [4.69, 9.17) is 0 Å². The van der Waals surface area contributed by atoms with Gasteiger partial charge in [-0.25, -0.2) is 14.4 Å². The largest absolute Gasteiger partial charge is 0.333 e. The van der Waals surface area contributed by atoms with E-state index in [1.165, 1.54) is 41.5 Å². The van der Waals surface area contributed by atoms with Gasteiger partial charge in [0.1, 0.15) is 11.8 Å². The number of rotatable bonds is 8. The molecule has 0 spiro atoms. The number of amides is 12. The summed E-state index contributed by atoms with van der Waals surface area (Å²) < 4.78 is 0. The van der Waals surface area contributed by atoms with Crippen molar-refractivity contribution in [2.75, 3.05) is 39.3 Å². The zero-order valence-corrected chi connectivity index (χ0v) is 22.8. The summed E-state index contributed by atoms with van der Waals surface area (Å²) >= 11 is 0. The van der Waals surface area contributed by atoms with E-state index in [9.17, 15) is 43.2 Å². The second-order valence-electron chi connectivity index (χ2n) is 9.01. The lowest BCUT2D eigenvalue weighted by molar-refractivity contribution is -0.186. The van der Waals surface area contributed by atoms with Crippen LogP contribution >= 0.6 is 0 Å². The van der Waals surface area contributed by atoms with Gasteiger partial charge in [0.25, 0.3) is 0 Å². The first-order valence-corrected chi connectivity index (χ1v) is 12.9. The molecule has 3 aliphatic rings. The summed E-state index contributed by atoms with van der Waals surface area (Å²) in [7, 11) is 0. The molecule has 0 bridgehead atoms. The average Bonchev–Trinajstić information content (AvgIpc) is 2.88. The third-order valence-electron chi connectivity index (χ3n) is 7.44. The zero-order chi connectivity index (χ0) is 29.6. The molecule has 0 aromatic rings. The van der Waals surface area contributed by atoms with Gasteiger partial charge in [-0.05, 0) is 41.5 Å². The number of hydrogen-bond donors (Lipinski definition) is 0. The number of urea groups is 3. The van der Waals surface area contributed by atoms with Gasteiger partial charge in [-0.15, -0.1) is 0 Å². The van der Waals surface area contributed by atoms with Crippen LogP contribution in [0, 0.1) is 17.3 Å². The van der Waals surface area contributed by atoms with Crippen LogP contribution in [0.25, 0.3) is 0 Å². The summed E-state index contributed by atoms with van der Waals surface area (Å²) in [6.45, 7) is 6.87. The van der Waals surface area contributed by atoms with Gasteiger partial charge < -0.3 is 0 Å². The first-order chi connectivity index (χ1) is 18.4. The van der Waals surface area contributed by atoms with Gasteiger partial charge in [-0.1, -0.05) is 0 Å². The van der Waals surface area contributed by atoms with Crippen LogP contribution in [0.5, 0.6) is 0 Å². The van der Waals surface area contributed by atoms with Crippen LogP contribution in [-0.4, -0.2) is 122 Å². The molecule has 3 heterocycles. The quantitative estimate of drug-likeness (QED) is 0.369. The van der Waals surface area contributed by atoms with Crippen molar-refractivity contribution in [2.24, 2.45) is 17.3 Å². The molecule has 212 valence electrons. The first kappa shape index (κ1) is 29.4. The lowest BCUT2D eigenvalue weighted by Gasteiger charge is -2.52. The highest BCUT2D eigenvalue weighted by atomic mass is 16.2. The summed E-state index contributed by atoms with van der Waals surface area (Å²) in [6, 6.07) is -3.03. The van der Waals surface area contributed by atoms with Gasteiger partial charge >= 0.3 is 18.1 Å². The predicted molar refractivity (Wildman–Crippen MR) is 130 cm³/mol. The van der Waals surface area contributed by atoms with Crippen LogP contribution in [0.15, 0.2) is 0 Å². The third kappa shape index (κ3) is 3.73. The Balaban J connectivity index is 2.49. The Kier molecular flexibility index (Phi) is 7.94. The van der Waals surface area contributed by atoms with Crippen molar-refractivity contribution in [2.45, 2.75) is 41.5 Å². The minimum absolute atomic E-state index is 0.252. The summed E-state index contributed by atoms with van der Waals surface area (Å²) in [5, 5.41) is 0. The van der Waals surface area contributed by atoms with Crippen molar-refractivity contribution >= 4 is 53.5 Å². The minimum Gasteiger partial charge on any atom is -0.273 e. The maximum Gasteiger partial charge on any atom is 0.333 e. The van der Waals surface area contributed by atoms with Gasteiger partial charge in [0.15, 0.2) is 5.41 Å². The fourth-order valence-corrected chi connectivity index (χ4v) is 5.52. The smallest absolute Gasteiger partial charge is 0.273 e. The van der Waals surface area contributed by atoms with Crippen LogP contribution in [-0.2, 0) is 28.8 Å². The second-order valence-corrected chi connectivity index (χ2v) is 9.01. The topological polar surface area (TPSA) is 173 Å². The maximum absolute atomic E-state index is 14.3. The number of barbiturate groups is 3. The fraction of sp³-hybridized carbons (Fsp3) is 0.625. The van der Waals surface area contributed by atoms with Gasteiger partial charge in [0.05, 0.1) is 0 Å². The molecular formula is C24H32N6O9. The molecule has 15 heteroatoms. The van der Waals surface area contributed by atoms with Crippen LogP contribution in [0.3, 0.4) is 0 Å². The highest BCUT2D eigenvalue weighted by Gasteiger charge is 2.75. The van der Waals surface area contributed by atoms with Gasteiger partial charge in [-0.2, -0.15) is 0 Å². The Morgan fingerprint density at radius 1 is 0.410 bits per heavy atom. The van der Waals surface area contributed by atoms with Crippen molar-refractivity contribution in [1.82, 2.24) is 29.4 Å². The molecule has 39 heavy (non-hydrogen) atoms. The second kappa shape index (κ2) is 10.5. The summed E-state index contributed by atoms with van der Waals surface area (Å²) in [4.78, 5) is 127. The monoisotopic (exact) mass is 548 g/mol. The first-order valence-electron chi connectivity index (χ1n) is 12.9. The van der Waals surface area contributed by atoms with E-state index < -0.39 is 70.8 Å². The molecule has 0 aliphatic carbocycles. The normalized spacial score (nSPS) is 21.8. The average molecular weight is 549 g/mol. The number of carbonyl (C=O) groups is 9. The summed E-state index contributed by atoms with van der Waals surface area (Å²) in [5.41, 5.74) is -3.08. The highest BCUT2D eigenvalue weighted by molar-refractivity contribution is 6.32. The minimum atomic E-state index is -3.08. The van der Waals surface area contributed by atoms with Crippen LogP contribution in [0.2, 0.25) is 0 Å². The third-order valence-corrected chi connectivity index (χ3v) is 7.44. The van der Waals surface area contributed by atoms with E-state index in [1.54, 1.807) is 0 Å². The van der Waals surface area contributed by atoms with Crippen LogP contribution in [0.4, 0.5) is 14.4 Å². The molecular weight excluding hydrogens is 516 g/mol. The number of carbonyl (C=O) groups excluding carboxylic acids is 9. The van der Waals surface area contributed by atoms with Crippen molar-refractivity contribution in [1.29, 1.82) is 0 Å². The van der Waals surface area contributed by atoms with E-state index in [0.717, 1.165) is 0 Å². The molecule has 0 saturated carbocycles. The molecule has 3 aliphatic heterocycles. The predicted octanol–water partition coefficient (Wildman–Crippen LogP) is -0.303. The molecule has 3 saturated heterocycles. The molecule has 3 rings (SSSR count).